The van der Waals surface area contributed by atoms with E-state index in [0.717, 1.165) is 18.4 Å². The normalized spacial score (nSPS) is 18.1. The van der Waals surface area contributed by atoms with Gasteiger partial charge < -0.3 is 20.7 Å². The fraction of sp³-hybridized carbons (Fsp3) is 0.429. The molecule has 1 atom stereocenters. The predicted molar refractivity (Wildman–Crippen MR) is 108 cm³/mol. The van der Waals surface area contributed by atoms with Crippen LogP contribution in [0.3, 0.4) is 0 Å². The van der Waals surface area contributed by atoms with E-state index in [0.29, 0.717) is 12.5 Å². The van der Waals surface area contributed by atoms with Crippen LogP contribution in [-0.2, 0) is 11.2 Å². The Bertz CT molecular complexity index is 961. The lowest BCUT2D eigenvalue weighted by atomic mass is 10.1. The summed E-state index contributed by atoms with van der Waals surface area (Å²) in [7, 11) is 0. The van der Waals surface area contributed by atoms with Crippen LogP contribution in [0.1, 0.15) is 28.9 Å². The number of halogens is 2. The highest BCUT2D eigenvalue weighted by atomic mass is 19.3. The fourth-order valence-corrected chi connectivity index (χ4v) is 3.24. The number of benzene rings is 1. The van der Waals surface area contributed by atoms with Crippen molar-refractivity contribution in [3.63, 3.8) is 0 Å². The lowest BCUT2D eigenvalue weighted by Crippen LogP contribution is -2.56. The smallest absolute Gasteiger partial charge is 0.282 e. The van der Waals surface area contributed by atoms with Gasteiger partial charge in [-0.2, -0.15) is 0 Å². The van der Waals surface area contributed by atoms with E-state index in [4.69, 9.17) is 10.5 Å². The Morgan fingerprint density at radius 3 is 2.58 bits per heavy atom. The van der Waals surface area contributed by atoms with E-state index in [-0.39, 0.29) is 23.8 Å². The first-order chi connectivity index (χ1) is 14.8. The number of carbonyl (C=O) groups is 2. The highest BCUT2D eigenvalue weighted by Gasteiger charge is 2.46. The van der Waals surface area contributed by atoms with Crippen molar-refractivity contribution in [3.8, 4) is 5.88 Å². The zero-order valence-corrected chi connectivity index (χ0v) is 16.8. The molecule has 1 aliphatic carbocycles. The molecule has 2 heterocycles. The Hall–Kier alpha value is -3.30. The van der Waals surface area contributed by atoms with Crippen LogP contribution in [0.15, 0.2) is 36.5 Å². The summed E-state index contributed by atoms with van der Waals surface area (Å²) in [4.78, 5) is 34.3. The molecular weight excluding hydrogens is 408 g/mol. The minimum atomic E-state index is -2.78. The summed E-state index contributed by atoms with van der Waals surface area (Å²) >= 11 is 0. The van der Waals surface area contributed by atoms with Gasteiger partial charge in [-0.3, -0.25) is 9.59 Å². The monoisotopic (exact) mass is 431 g/mol. The second kappa shape index (κ2) is 8.44. The molecule has 1 aromatic carbocycles. The van der Waals surface area contributed by atoms with Crippen molar-refractivity contribution in [2.24, 2.45) is 11.7 Å². The molecule has 164 valence electrons. The largest absolute Gasteiger partial charge is 0.475 e. The number of aromatic nitrogens is 2. The lowest BCUT2D eigenvalue weighted by Gasteiger charge is -2.39. The molecule has 2 fully saturated rings. The molecule has 31 heavy (non-hydrogen) atoms. The fourth-order valence-electron chi connectivity index (χ4n) is 3.24. The maximum Gasteiger partial charge on any atom is 0.282 e. The Morgan fingerprint density at radius 2 is 1.97 bits per heavy atom. The number of amides is 2. The van der Waals surface area contributed by atoms with Crippen LogP contribution in [-0.4, -0.2) is 53.4 Å². The van der Waals surface area contributed by atoms with Crippen molar-refractivity contribution in [2.75, 3.05) is 24.6 Å². The van der Waals surface area contributed by atoms with E-state index < -0.39 is 36.9 Å². The zero-order chi connectivity index (χ0) is 22.0. The molecule has 0 spiro atoms. The molecule has 4 rings (SSSR count). The van der Waals surface area contributed by atoms with Crippen LogP contribution >= 0.6 is 0 Å². The van der Waals surface area contributed by atoms with Gasteiger partial charge in [0, 0.05) is 6.42 Å². The van der Waals surface area contributed by atoms with Gasteiger partial charge in [-0.25, -0.2) is 18.7 Å². The van der Waals surface area contributed by atoms with Gasteiger partial charge in [0.15, 0.2) is 11.5 Å². The number of hydrogen-bond donors (Lipinski definition) is 2. The quantitative estimate of drug-likeness (QED) is 0.623. The Labute approximate surface area is 177 Å². The van der Waals surface area contributed by atoms with Gasteiger partial charge in [0.05, 0.1) is 25.9 Å². The molecule has 8 nitrogen and oxygen atoms in total. The number of ether oxygens (including phenoxy) is 1. The zero-order valence-electron chi connectivity index (χ0n) is 16.8. The Balaban J connectivity index is 1.49. The maximum absolute atomic E-state index is 13.3. The van der Waals surface area contributed by atoms with E-state index in [1.807, 2.05) is 30.3 Å². The van der Waals surface area contributed by atoms with Crippen molar-refractivity contribution in [2.45, 2.75) is 31.2 Å². The van der Waals surface area contributed by atoms with Crippen molar-refractivity contribution in [1.29, 1.82) is 0 Å². The Morgan fingerprint density at radius 1 is 1.26 bits per heavy atom. The van der Waals surface area contributed by atoms with Gasteiger partial charge in [0.1, 0.15) is 6.04 Å². The van der Waals surface area contributed by atoms with E-state index >= 15 is 0 Å². The van der Waals surface area contributed by atoms with Crippen molar-refractivity contribution in [3.05, 3.63) is 47.8 Å². The maximum atomic E-state index is 13.3. The first-order valence-corrected chi connectivity index (χ1v) is 10.1. The number of nitrogens with two attached hydrogens (primary N) is 1. The number of nitrogens with zero attached hydrogens (tertiary/aromatic N) is 3. The molecule has 2 aliphatic rings. The topological polar surface area (TPSA) is 110 Å². The molecule has 1 aliphatic heterocycles. The van der Waals surface area contributed by atoms with Crippen molar-refractivity contribution in [1.82, 2.24) is 15.3 Å². The van der Waals surface area contributed by atoms with Gasteiger partial charge in [0.25, 0.3) is 17.7 Å². The minimum Gasteiger partial charge on any atom is -0.475 e. The summed E-state index contributed by atoms with van der Waals surface area (Å²) in [5.41, 5.74) is 6.20. The SMILES string of the molecule is NC(=O)C(Cc1ccccc1)NC(=O)c1cnc(N2CC(F)(F)C2)c(OCC2CC2)n1. The second-order valence-corrected chi connectivity index (χ2v) is 7.97. The van der Waals surface area contributed by atoms with Crippen molar-refractivity contribution >= 4 is 17.6 Å². The van der Waals surface area contributed by atoms with Crippen LogP contribution in [0.25, 0.3) is 0 Å². The second-order valence-electron chi connectivity index (χ2n) is 7.97. The molecule has 2 amide bonds. The summed E-state index contributed by atoms with van der Waals surface area (Å²) in [6.07, 6.45) is 3.47. The number of carbonyl (C=O) groups excluding carboxylic acids is 2. The van der Waals surface area contributed by atoms with Gasteiger partial charge >= 0.3 is 0 Å². The van der Waals surface area contributed by atoms with Crippen LogP contribution in [0.2, 0.25) is 0 Å². The molecule has 10 heteroatoms. The highest BCUT2D eigenvalue weighted by molar-refractivity contribution is 5.96. The third-order valence-corrected chi connectivity index (χ3v) is 5.18. The average molecular weight is 431 g/mol. The molecule has 0 radical (unpaired) electrons. The van der Waals surface area contributed by atoms with Crippen LogP contribution < -0.4 is 20.7 Å². The number of anilines is 1. The lowest BCUT2D eigenvalue weighted by molar-refractivity contribution is -0.119. The van der Waals surface area contributed by atoms with Gasteiger partial charge in [-0.1, -0.05) is 30.3 Å². The van der Waals surface area contributed by atoms with E-state index in [2.05, 4.69) is 15.3 Å². The van der Waals surface area contributed by atoms with Gasteiger partial charge in [-0.15, -0.1) is 0 Å². The molecule has 0 bridgehead atoms. The number of alkyl halides is 2. The molecule has 1 saturated carbocycles. The standard InChI is InChI=1S/C21H23F2N5O3/c22-21(23)11-28(12-21)18-20(31-10-14-6-7-14)27-16(9-25-18)19(30)26-15(17(24)29)8-13-4-2-1-3-5-13/h1-5,9,14-15H,6-8,10-12H2,(H2,24,29)(H,26,30). The van der Waals surface area contributed by atoms with E-state index in [1.54, 1.807) is 0 Å². The number of primary amides is 1. The first-order valence-electron chi connectivity index (χ1n) is 10.1. The molecular formula is C21H23F2N5O3. The summed E-state index contributed by atoms with van der Waals surface area (Å²) in [5, 5.41) is 2.57. The highest BCUT2D eigenvalue weighted by Crippen LogP contribution is 2.36. The number of hydrogen-bond acceptors (Lipinski definition) is 6. The van der Waals surface area contributed by atoms with E-state index in [9.17, 15) is 18.4 Å². The first kappa shape index (κ1) is 21.0. The van der Waals surface area contributed by atoms with Crippen LogP contribution in [0.4, 0.5) is 14.6 Å². The number of nitrogens with one attached hydrogen (secondary N) is 1. The van der Waals surface area contributed by atoms with Gasteiger partial charge in [0.2, 0.25) is 5.91 Å². The average Bonchev–Trinajstić information content (AvgIpc) is 3.55. The number of rotatable bonds is 9. The minimum absolute atomic E-state index is 0.0359. The van der Waals surface area contributed by atoms with Crippen molar-refractivity contribution < 1.29 is 23.1 Å². The third-order valence-electron chi connectivity index (χ3n) is 5.18. The molecule has 2 aromatic rings. The van der Waals surface area contributed by atoms with Crippen LogP contribution in [0.5, 0.6) is 5.88 Å². The summed E-state index contributed by atoms with van der Waals surface area (Å²) < 4.78 is 32.3. The molecule has 1 saturated heterocycles. The van der Waals surface area contributed by atoms with Crippen LogP contribution in [0, 0.1) is 5.92 Å². The van der Waals surface area contributed by atoms with E-state index in [1.165, 1.54) is 11.1 Å². The Kier molecular flexibility index (Phi) is 5.71. The molecule has 1 unspecified atom stereocenters. The van der Waals surface area contributed by atoms with Gasteiger partial charge in [-0.05, 0) is 24.3 Å². The summed E-state index contributed by atoms with van der Waals surface area (Å²) in [6.45, 7) is -0.573. The predicted octanol–water partition coefficient (Wildman–Crippen LogP) is 1.55. The summed E-state index contributed by atoms with van der Waals surface area (Å²) in [6, 6.07) is 8.19. The summed E-state index contributed by atoms with van der Waals surface area (Å²) in [5.74, 6) is -3.50. The molecule has 3 N–H and O–H groups in total. The molecule has 1 aromatic heterocycles. The third kappa shape index (κ3) is 5.25.